The summed E-state index contributed by atoms with van der Waals surface area (Å²) in [5, 5.41) is 8.73. The Morgan fingerprint density at radius 3 is 1.79 bits per heavy atom. The molecule has 14 heavy (non-hydrogen) atoms. The fourth-order valence-electron chi connectivity index (χ4n) is 3.12. The Morgan fingerprint density at radius 1 is 0.643 bits per heavy atom. The van der Waals surface area contributed by atoms with Gasteiger partial charge in [-0.3, -0.25) is 0 Å². The molecule has 0 atom stereocenters. The van der Waals surface area contributed by atoms with Crippen molar-refractivity contribution < 1.29 is 19.9 Å². The third kappa shape index (κ3) is 1.37. The van der Waals surface area contributed by atoms with E-state index in [1.807, 2.05) is 0 Å². The summed E-state index contributed by atoms with van der Waals surface area (Å²) < 4.78 is 0. The lowest BCUT2D eigenvalue weighted by atomic mass is 9.71. The molecule has 4 nitrogen and oxygen atoms in total. The molecular formula is C10H16O4. The van der Waals surface area contributed by atoms with Gasteiger partial charge in [0.2, 0.25) is 5.79 Å². The minimum absolute atomic E-state index is 0.584. The SMILES string of the molecule is C1CCC2(C1)CCC1(CC2)OOOO1. The molecule has 2 saturated carbocycles. The van der Waals surface area contributed by atoms with Gasteiger partial charge in [0.25, 0.3) is 0 Å². The van der Waals surface area contributed by atoms with Gasteiger partial charge >= 0.3 is 0 Å². The molecule has 1 aliphatic heterocycles. The third-order valence-electron chi connectivity index (χ3n) is 4.14. The number of hydrogen-bond donors (Lipinski definition) is 0. The zero-order valence-corrected chi connectivity index (χ0v) is 8.29. The van der Waals surface area contributed by atoms with Gasteiger partial charge in [0.1, 0.15) is 0 Å². The van der Waals surface area contributed by atoms with Crippen LogP contribution in [0.1, 0.15) is 51.4 Å². The van der Waals surface area contributed by atoms with Crippen LogP contribution in [0.5, 0.6) is 0 Å². The van der Waals surface area contributed by atoms with Gasteiger partial charge in [0, 0.05) is 12.8 Å². The smallest absolute Gasteiger partial charge is 0.165 e. The van der Waals surface area contributed by atoms with Crippen LogP contribution in [0.4, 0.5) is 0 Å². The molecule has 3 aliphatic rings. The van der Waals surface area contributed by atoms with Crippen LogP contribution in [0.25, 0.3) is 0 Å². The zero-order chi connectivity index (χ0) is 9.49. The summed E-state index contributed by atoms with van der Waals surface area (Å²) in [4.78, 5) is 10.1. The van der Waals surface area contributed by atoms with Gasteiger partial charge in [0.05, 0.1) is 0 Å². The van der Waals surface area contributed by atoms with E-state index in [0.29, 0.717) is 5.41 Å². The number of rotatable bonds is 0. The van der Waals surface area contributed by atoms with Crippen molar-refractivity contribution in [2.75, 3.05) is 0 Å². The standard InChI is InChI=1S/C10H16O4/c1-2-4-9(3-1)5-7-10(8-6-9)11-13-14-12-10/h1-8H2. The van der Waals surface area contributed by atoms with Crippen molar-refractivity contribution in [2.45, 2.75) is 57.2 Å². The highest BCUT2D eigenvalue weighted by Crippen LogP contribution is 2.53. The topological polar surface area (TPSA) is 36.9 Å². The van der Waals surface area contributed by atoms with Crippen molar-refractivity contribution in [1.82, 2.24) is 0 Å². The summed E-state index contributed by atoms with van der Waals surface area (Å²) in [7, 11) is 0. The van der Waals surface area contributed by atoms with E-state index >= 15 is 0 Å². The highest BCUT2D eigenvalue weighted by atomic mass is 17.7. The average molecular weight is 200 g/mol. The monoisotopic (exact) mass is 200 g/mol. The molecule has 3 rings (SSSR count). The third-order valence-corrected chi connectivity index (χ3v) is 4.14. The Balaban J connectivity index is 1.66. The minimum Gasteiger partial charge on any atom is -0.165 e. The maximum Gasteiger partial charge on any atom is 0.240 e. The van der Waals surface area contributed by atoms with E-state index < -0.39 is 5.79 Å². The van der Waals surface area contributed by atoms with Crippen molar-refractivity contribution in [3.8, 4) is 0 Å². The van der Waals surface area contributed by atoms with Crippen molar-refractivity contribution in [3.05, 3.63) is 0 Å². The van der Waals surface area contributed by atoms with Crippen LogP contribution in [-0.4, -0.2) is 5.79 Å². The lowest BCUT2D eigenvalue weighted by molar-refractivity contribution is -0.532. The van der Waals surface area contributed by atoms with E-state index in [0.717, 1.165) is 12.8 Å². The Hall–Kier alpha value is -0.160. The van der Waals surface area contributed by atoms with E-state index in [9.17, 15) is 0 Å². The van der Waals surface area contributed by atoms with E-state index in [1.54, 1.807) is 0 Å². The molecule has 0 aromatic rings. The summed E-state index contributed by atoms with van der Waals surface area (Å²) in [5.74, 6) is -0.589. The van der Waals surface area contributed by atoms with E-state index in [1.165, 1.54) is 38.5 Å². The van der Waals surface area contributed by atoms with Crippen LogP contribution in [0.2, 0.25) is 0 Å². The quantitative estimate of drug-likeness (QED) is 0.563. The summed E-state index contributed by atoms with van der Waals surface area (Å²) in [6.07, 6.45) is 9.69. The van der Waals surface area contributed by atoms with Gasteiger partial charge in [-0.2, -0.15) is 9.78 Å². The van der Waals surface area contributed by atoms with Crippen LogP contribution in [0.15, 0.2) is 0 Å². The van der Waals surface area contributed by atoms with Crippen molar-refractivity contribution in [3.63, 3.8) is 0 Å². The van der Waals surface area contributed by atoms with Gasteiger partial charge in [-0.05, 0) is 41.2 Å². The van der Waals surface area contributed by atoms with Gasteiger partial charge in [-0.15, -0.1) is 0 Å². The van der Waals surface area contributed by atoms with Crippen LogP contribution < -0.4 is 0 Å². The van der Waals surface area contributed by atoms with Gasteiger partial charge in [-0.1, -0.05) is 12.8 Å². The second-order valence-electron chi connectivity index (χ2n) is 4.92. The molecule has 80 valence electrons. The van der Waals surface area contributed by atoms with E-state index in [-0.39, 0.29) is 0 Å². The van der Waals surface area contributed by atoms with Crippen molar-refractivity contribution in [1.29, 1.82) is 0 Å². The normalized spacial score (nSPS) is 34.3. The van der Waals surface area contributed by atoms with Crippen LogP contribution in [-0.2, 0) is 19.9 Å². The molecule has 3 fully saturated rings. The maximum absolute atomic E-state index is 5.04. The van der Waals surface area contributed by atoms with Crippen molar-refractivity contribution in [2.24, 2.45) is 5.41 Å². The second kappa shape index (κ2) is 3.17. The predicted molar refractivity (Wildman–Crippen MR) is 46.4 cm³/mol. The maximum atomic E-state index is 5.04. The first-order valence-electron chi connectivity index (χ1n) is 5.53. The first kappa shape index (κ1) is 9.09. The predicted octanol–water partition coefficient (Wildman–Crippen LogP) is 2.64. The summed E-state index contributed by atoms with van der Waals surface area (Å²) in [6, 6.07) is 0. The first-order chi connectivity index (χ1) is 6.83. The van der Waals surface area contributed by atoms with Crippen LogP contribution >= 0.6 is 0 Å². The molecule has 0 radical (unpaired) electrons. The Bertz CT molecular complexity index is 180. The summed E-state index contributed by atoms with van der Waals surface area (Å²) in [6.45, 7) is 0. The van der Waals surface area contributed by atoms with E-state index in [2.05, 4.69) is 10.1 Å². The van der Waals surface area contributed by atoms with Gasteiger partial charge in [-0.25, -0.2) is 0 Å². The molecule has 1 heterocycles. The molecule has 0 unspecified atom stereocenters. The Kier molecular flexibility index (Phi) is 2.06. The largest absolute Gasteiger partial charge is 0.240 e. The molecule has 0 N–H and O–H groups in total. The summed E-state index contributed by atoms with van der Waals surface area (Å²) >= 11 is 0. The first-order valence-corrected chi connectivity index (χ1v) is 5.53. The fourth-order valence-corrected chi connectivity index (χ4v) is 3.12. The van der Waals surface area contributed by atoms with Gasteiger partial charge < -0.3 is 0 Å². The Labute approximate surface area is 83.2 Å². The second-order valence-corrected chi connectivity index (χ2v) is 4.92. The van der Waals surface area contributed by atoms with E-state index in [4.69, 9.17) is 9.78 Å². The molecule has 2 aliphatic carbocycles. The highest BCUT2D eigenvalue weighted by Gasteiger charge is 2.49. The molecule has 0 aromatic carbocycles. The Morgan fingerprint density at radius 2 is 1.21 bits per heavy atom. The van der Waals surface area contributed by atoms with Crippen LogP contribution in [0, 0.1) is 5.41 Å². The lowest BCUT2D eigenvalue weighted by Crippen LogP contribution is -2.38. The minimum atomic E-state index is -0.589. The van der Waals surface area contributed by atoms with Gasteiger partial charge in [0.15, 0.2) is 0 Å². The fraction of sp³-hybridized carbons (Fsp3) is 1.00. The molecule has 0 bridgehead atoms. The molecule has 1 saturated heterocycles. The average Bonchev–Trinajstić information content (AvgIpc) is 2.81. The lowest BCUT2D eigenvalue weighted by Gasteiger charge is -2.38. The highest BCUT2D eigenvalue weighted by molar-refractivity contribution is 4.92. The summed E-state index contributed by atoms with van der Waals surface area (Å²) in [5.41, 5.74) is 0.584. The molecule has 0 aromatic heterocycles. The molecular weight excluding hydrogens is 184 g/mol. The van der Waals surface area contributed by atoms with Crippen LogP contribution in [0.3, 0.4) is 0 Å². The molecule has 2 spiro atoms. The molecule has 0 amide bonds. The molecule has 4 heteroatoms. The van der Waals surface area contributed by atoms with Crippen molar-refractivity contribution >= 4 is 0 Å². The number of hydrogen-bond acceptors (Lipinski definition) is 4. The zero-order valence-electron chi connectivity index (χ0n) is 8.29.